The van der Waals surface area contributed by atoms with Crippen molar-refractivity contribution in [2.24, 2.45) is 0 Å². The van der Waals surface area contributed by atoms with E-state index in [1.165, 1.54) is 18.7 Å². The lowest BCUT2D eigenvalue weighted by molar-refractivity contribution is 1.10. The molecule has 0 aliphatic rings. The quantitative estimate of drug-likeness (QED) is 0.312. The molecule has 0 amide bonds. The van der Waals surface area contributed by atoms with Crippen molar-refractivity contribution >= 4 is 8.58 Å². The van der Waals surface area contributed by atoms with Gasteiger partial charge in [-0.15, -0.1) is 8.58 Å². The van der Waals surface area contributed by atoms with Gasteiger partial charge in [-0.2, -0.15) is 0 Å². The molecule has 0 bridgehead atoms. The summed E-state index contributed by atoms with van der Waals surface area (Å²) in [7, 11) is 1.15. The number of hydrogen-bond acceptors (Lipinski definition) is 0. The lowest BCUT2D eigenvalue weighted by atomic mass is 10.6. The Bertz CT molecular complexity index is 57.4. The summed E-state index contributed by atoms with van der Waals surface area (Å²) < 4.78 is 0. The largest absolute Gasteiger partial charge is 0.118 e. The van der Waals surface area contributed by atoms with E-state index in [-0.39, 0.29) is 0 Å². The minimum Gasteiger partial charge on any atom is -0.118 e. The second-order valence-electron chi connectivity index (χ2n) is 1.77. The molecule has 0 aromatic rings. The van der Waals surface area contributed by atoms with Crippen LogP contribution in [0.1, 0.15) is 20.3 Å². The fraction of sp³-hybridized carbons (Fsp3) is 0.714. The number of rotatable bonds is 4. The van der Waals surface area contributed by atoms with Crippen LogP contribution in [0.4, 0.5) is 0 Å². The van der Waals surface area contributed by atoms with Crippen molar-refractivity contribution in [2.45, 2.75) is 20.3 Å². The molecule has 0 aromatic heterocycles. The summed E-state index contributed by atoms with van der Waals surface area (Å²) in [5, 5.41) is 0. The van der Waals surface area contributed by atoms with Crippen molar-refractivity contribution in [1.82, 2.24) is 0 Å². The minimum absolute atomic E-state index is 1.15. The van der Waals surface area contributed by atoms with Crippen molar-refractivity contribution in [1.29, 1.82) is 0 Å². The second kappa shape index (κ2) is 7.17. The molecule has 0 rings (SSSR count). The second-order valence-corrected chi connectivity index (χ2v) is 3.18. The van der Waals surface area contributed by atoms with Crippen molar-refractivity contribution in [3.63, 3.8) is 0 Å². The highest BCUT2D eigenvalue weighted by Gasteiger charge is 1.77. The molecule has 48 valence electrons. The molecule has 8 heavy (non-hydrogen) atoms. The molecular formula is C7H15P. The predicted octanol–water partition coefficient (Wildman–Crippen LogP) is 2.65. The molecule has 0 spiro atoms. The van der Waals surface area contributed by atoms with Gasteiger partial charge in [0, 0.05) is 0 Å². The Balaban J connectivity index is 2.72. The number of hydrogen-bond donors (Lipinski definition) is 0. The van der Waals surface area contributed by atoms with Gasteiger partial charge in [-0.25, -0.2) is 0 Å². The highest BCUT2D eigenvalue weighted by Crippen LogP contribution is 2.09. The third-order valence-electron chi connectivity index (χ3n) is 0.925. The molecule has 0 fully saturated rings. The Kier molecular flexibility index (Phi) is 7.32. The van der Waals surface area contributed by atoms with Gasteiger partial charge in [0.15, 0.2) is 0 Å². The minimum atomic E-state index is 1.15. The van der Waals surface area contributed by atoms with E-state index in [1.54, 1.807) is 0 Å². The highest BCUT2D eigenvalue weighted by molar-refractivity contribution is 7.38. The first kappa shape index (κ1) is 8.17. The van der Waals surface area contributed by atoms with E-state index in [0.29, 0.717) is 0 Å². The van der Waals surface area contributed by atoms with Crippen LogP contribution in [0.3, 0.4) is 0 Å². The van der Waals surface area contributed by atoms with Crippen LogP contribution in [-0.4, -0.2) is 12.3 Å². The average Bonchev–Trinajstić information content (AvgIpc) is 1.81. The van der Waals surface area contributed by atoms with Crippen LogP contribution in [0.15, 0.2) is 12.2 Å². The molecule has 0 N–H and O–H groups in total. The topological polar surface area (TPSA) is 0 Å². The van der Waals surface area contributed by atoms with Crippen molar-refractivity contribution in [3.8, 4) is 0 Å². The predicted molar refractivity (Wildman–Crippen MR) is 43.2 cm³/mol. The standard InChI is InChI=1S/C7H15P/c1-3-5-7-8-6-4-2/h3,5,8H,4,6-7H2,1-2H3. The summed E-state index contributed by atoms with van der Waals surface area (Å²) in [4.78, 5) is 0. The monoisotopic (exact) mass is 130 g/mol. The molecule has 0 heterocycles. The lowest BCUT2D eigenvalue weighted by Gasteiger charge is -1.89. The average molecular weight is 130 g/mol. The summed E-state index contributed by atoms with van der Waals surface area (Å²) in [5.41, 5.74) is 0. The van der Waals surface area contributed by atoms with Crippen LogP contribution in [0.5, 0.6) is 0 Å². The SMILES string of the molecule is CC=CCPCCC. The zero-order valence-electron chi connectivity index (χ0n) is 5.78. The maximum Gasteiger partial charge on any atom is -0.0172 e. The van der Waals surface area contributed by atoms with E-state index in [1.807, 2.05) is 0 Å². The smallest absolute Gasteiger partial charge is 0.0172 e. The molecule has 0 nitrogen and oxygen atoms in total. The molecule has 0 aliphatic heterocycles. The summed E-state index contributed by atoms with van der Waals surface area (Å²) in [6.45, 7) is 4.32. The van der Waals surface area contributed by atoms with E-state index in [9.17, 15) is 0 Å². The molecule has 0 saturated heterocycles. The first-order valence-corrected chi connectivity index (χ1v) is 4.65. The molecule has 1 unspecified atom stereocenters. The van der Waals surface area contributed by atoms with Gasteiger partial charge in [-0.05, 0) is 19.2 Å². The molecule has 0 saturated carbocycles. The molecular weight excluding hydrogens is 115 g/mol. The van der Waals surface area contributed by atoms with E-state index in [0.717, 1.165) is 8.58 Å². The molecule has 0 radical (unpaired) electrons. The highest BCUT2D eigenvalue weighted by atomic mass is 31.1. The maximum atomic E-state index is 2.24. The Hall–Kier alpha value is 0.170. The fourth-order valence-electron chi connectivity index (χ4n) is 0.480. The summed E-state index contributed by atoms with van der Waals surface area (Å²) >= 11 is 0. The third-order valence-corrected chi connectivity index (χ3v) is 2.30. The van der Waals surface area contributed by atoms with Crippen LogP contribution in [0, 0.1) is 0 Å². The van der Waals surface area contributed by atoms with E-state index in [4.69, 9.17) is 0 Å². The number of allylic oxidation sites excluding steroid dienone is 2. The van der Waals surface area contributed by atoms with Crippen LogP contribution >= 0.6 is 8.58 Å². The summed E-state index contributed by atoms with van der Waals surface area (Å²) in [5.74, 6) is 0. The van der Waals surface area contributed by atoms with E-state index < -0.39 is 0 Å². The van der Waals surface area contributed by atoms with Gasteiger partial charge in [0.25, 0.3) is 0 Å². The molecule has 0 aromatic carbocycles. The van der Waals surface area contributed by atoms with Gasteiger partial charge >= 0.3 is 0 Å². The Morgan fingerprint density at radius 1 is 1.50 bits per heavy atom. The van der Waals surface area contributed by atoms with Crippen molar-refractivity contribution in [3.05, 3.63) is 12.2 Å². The van der Waals surface area contributed by atoms with Gasteiger partial charge in [0.05, 0.1) is 0 Å². The van der Waals surface area contributed by atoms with Gasteiger partial charge in [0.2, 0.25) is 0 Å². The summed E-state index contributed by atoms with van der Waals surface area (Å²) in [6, 6.07) is 0. The molecule has 0 aliphatic carbocycles. The zero-order valence-corrected chi connectivity index (χ0v) is 6.78. The summed E-state index contributed by atoms with van der Waals surface area (Å²) in [6.07, 6.45) is 8.42. The van der Waals surface area contributed by atoms with Crippen LogP contribution < -0.4 is 0 Å². The van der Waals surface area contributed by atoms with E-state index in [2.05, 4.69) is 26.0 Å². The van der Waals surface area contributed by atoms with Crippen LogP contribution in [-0.2, 0) is 0 Å². The van der Waals surface area contributed by atoms with Gasteiger partial charge in [0.1, 0.15) is 0 Å². The fourth-order valence-corrected chi connectivity index (χ4v) is 1.44. The normalized spacial score (nSPS) is 12.2. The molecule has 1 atom stereocenters. The van der Waals surface area contributed by atoms with Crippen molar-refractivity contribution < 1.29 is 0 Å². The first-order chi connectivity index (χ1) is 3.91. The zero-order chi connectivity index (χ0) is 6.24. The van der Waals surface area contributed by atoms with Crippen LogP contribution in [0.2, 0.25) is 0 Å². The van der Waals surface area contributed by atoms with Crippen LogP contribution in [0.25, 0.3) is 0 Å². The Morgan fingerprint density at radius 3 is 2.75 bits per heavy atom. The molecule has 1 heteroatoms. The van der Waals surface area contributed by atoms with Gasteiger partial charge in [-0.1, -0.05) is 25.5 Å². The maximum absolute atomic E-state index is 2.24. The third kappa shape index (κ3) is 6.17. The van der Waals surface area contributed by atoms with Gasteiger partial charge in [-0.3, -0.25) is 0 Å². The Morgan fingerprint density at radius 2 is 2.25 bits per heavy atom. The van der Waals surface area contributed by atoms with Crippen molar-refractivity contribution in [2.75, 3.05) is 12.3 Å². The first-order valence-electron chi connectivity index (χ1n) is 3.23. The van der Waals surface area contributed by atoms with E-state index >= 15 is 0 Å². The lowest BCUT2D eigenvalue weighted by Crippen LogP contribution is -1.70. The Labute approximate surface area is 54.2 Å². The van der Waals surface area contributed by atoms with Gasteiger partial charge < -0.3 is 0 Å².